The predicted molar refractivity (Wildman–Crippen MR) is 76.8 cm³/mol. The molecule has 0 spiro atoms. The van der Waals surface area contributed by atoms with E-state index in [4.69, 9.17) is 10.9 Å². The summed E-state index contributed by atoms with van der Waals surface area (Å²) in [5.74, 6) is 0. The van der Waals surface area contributed by atoms with E-state index in [1.54, 1.807) is 6.07 Å². The summed E-state index contributed by atoms with van der Waals surface area (Å²) in [6.45, 7) is 0. The normalized spacial score (nSPS) is 29.7. The topological polar surface area (TPSA) is 110 Å². The summed E-state index contributed by atoms with van der Waals surface area (Å²) in [7, 11) is -3.73. The molecule has 0 amide bonds. The lowest BCUT2D eigenvalue weighted by Gasteiger charge is -2.39. The highest BCUT2D eigenvalue weighted by Gasteiger charge is 2.40. The van der Waals surface area contributed by atoms with E-state index < -0.39 is 10.0 Å². The van der Waals surface area contributed by atoms with Crippen LogP contribution in [0, 0.1) is 0 Å². The first-order valence-corrected chi connectivity index (χ1v) is 8.29. The van der Waals surface area contributed by atoms with Gasteiger partial charge >= 0.3 is 0 Å². The van der Waals surface area contributed by atoms with Gasteiger partial charge in [0.25, 0.3) is 0 Å². The number of nitrogens with two attached hydrogens (primary N) is 2. The van der Waals surface area contributed by atoms with E-state index in [9.17, 15) is 13.5 Å². The Hall–Kier alpha value is -1.31. The molecule has 1 aromatic rings. The minimum absolute atomic E-state index is 0.0307. The summed E-state index contributed by atoms with van der Waals surface area (Å²) < 4.78 is 22.7. The van der Waals surface area contributed by atoms with Crippen molar-refractivity contribution in [3.05, 3.63) is 18.2 Å². The molecule has 2 bridgehead atoms. The van der Waals surface area contributed by atoms with E-state index >= 15 is 0 Å². The molecule has 6 nitrogen and oxygen atoms in total. The zero-order valence-corrected chi connectivity index (χ0v) is 11.9. The van der Waals surface area contributed by atoms with Crippen molar-refractivity contribution in [1.82, 2.24) is 0 Å². The first-order valence-electron chi connectivity index (χ1n) is 6.75. The molecule has 2 aliphatic rings. The predicted octanol–water partition coefficient (Wildman–Crippen LogP) is 0.408. The van der Waals surface area contributed by atoms with E-state index in [0.717, 1.165) is 31.4 Å². The van der Waals surface area contributed by atoms with Crippen LogP contribution < -0.4 is 15.8 Å². The fourth-order valence-electron chi connectivity index (χ4n) is 3.49. The second-order valence-corrected chi connectivity index (χ2v) is 7.24. The summed E-state index contributed by atoms with van der Waals surface area (Å²) >= 11 is 0. The molecule has 2 fully saturated rings. The molecule has 3 rings (SSSR count). The zero-order valence-electron chi connectivity index (χ0n) is 11.1. The Morgan fingerprint density at radius 1 is 1.20 bits per heavy atom. The average Bonchev–Trinajstić information content (AvgIpc) is 2.61. The fraction of sp³-hybridized carbons (Fsp3) is 0.538. The van der Waals surface area contributed by atoms with Crippen LogP contribution in [0.5, 0.6) is 0 Å². The zero-order chi connectivity index (χ0) is 14.5. The van der Waals surface area contributed by atoms with E-state index in [0.29, 0.717) is 5.69 Å². The van der Waals surface area contributed by atoms with E-state index in [1.165, 1.54) is 12.1 Å². The molecule has 0 aliphatic carbocycles. The average molecular weight is 297 g/mol. The molecule has 2 aliphatic heterocycles. The summed E-state index contributed by atoms with van der Waals surface area (Å²) in [5, 5.41) is 14.9. The number of hydrogen-bond donors (Lipinski definition) is 3. The molecule has 110 valence electrons. The first kappa shape index (κ1) is 13.7. The molecule has 0 saturated carbocycles. The van der Waals surface area contributed by atoms with Crippen molar-refractivity contribution in [1.29, 1.82) is 0 Å². The summed E-state index contributed by atoms with van der Waals surface area (Å²) in [6.07, 6.45) is 3.32. The van der Waals surface area contributed by atoms with Gasteiger partial charge in [-0.1, -0.05) is 0 Å². The molecule has 1 aromatic carbocycles. The third-order valence-corrected chi connectivity index (χ3v) is 5.22. The van der Waals surface area contributed by atoms with Gasteiger partial charge in [-0.05, 0) is 43.9 Å². The van der Waals surface area contributed by atoms with Gasteiger partial charge in [0.05, 0.1) is 22.4 Å². The fourth-order valence-corrected chi connectivity index (χ4v) is 4.04. The molecule has 20 heavy (non-hydrogen) atoms. The minimum atomic E-state index is -3.73. The second kappa shape index (κ2) is 4.61. The van der Waals surface area contributed by atoms with Crippen LogP contribution in [0.1, 0.15) is 25.7 Å². The van der Waals surface area contributed by atoms with Crippen LogP contribution in [0.15, 0.2) is 23.1 Å². The van der Waals surface area contributed by atoms with Crippen LogP contribution in [0.25, 0.3) is 0 Å². The Morgan fingerprint density at radius 3 is 2.30 bits per heavy atom. The van der Waals surface area contributed by atoms with Crippen LogP contribution in [-0.2, 0) is 10.0 Å². The molecule has 7 heteroatoms. The van der Waals surface area contributed by atoms with Crippen LogP contribution in [0.3, 0.4) is 0 Å². The van der Waals surface area contributed by atoms with Gasteiger partial charge in [0.15, 0.2) is 0 Å². The molecular formula is C13H19N3O3S. The second-order valence-electron chi connectivity index (χ2n) is 5.68. The standard InChI is InChI=1S/C13H19N3O3S/c14-12-7-11(20(15,18)19)3-4-13(12)16-8-1-2-9(16)6-10(17)5-8/h3-4,7-10,17H,1-2,5-6,14H2,(H2,15,18,19). The summed E-state index contributed by atoms with van der Waals surface area (Å²) in [5.41, 5.74) is 7.28. The number of nitrogens with zero attached hydrogens (tertiary/aromatic N) is 1. The van der Waals surface area contributed by atoms with Crippen molar-refractivity contribution in [2.45, 2.75) is 48.8 Å². The Balaban J connectivity index is 1.96. The smallest absolute Gasteiger partial charge is 0.238 e. The van der Waals surface area contributed by atoms with Gasteiger partial charge in [-0.25, -0.2) is 13.6 Å². The van der Waals surface area contributed by atoms with Gasteiger partial charge in [-0.2, -0.15) is 0 Å². The number of nitrogen functional groups attached to an aromatic ring is 1. The van der Waals surface area contributed by atoms with Gasteiger partial charge in [0, 0.05) is 12.1 Å². The highest BCUT2D eigenvalue weighted by Crippen LogP contribution is 2.41. The van der Waals surface area contributed by atoms with Gasteiger partial charge in [0.1, 0.15) is 0 Å². The monoisotopic (exact) mass is 297 g/mol. The van der Waals surface area contributed by atoms with E-state index in [2.05, 4.69) is 4.90 Å². The number of primary sulfonamides is 1. The molecular weight excluding hydrogens is 278 g/mol. The molecule has 0 aromatic heterocycles. The van der Waals surface area contributed by atoms with Crippen molar-refractivity contribution < 1.29 is 13.5 Å². The number of aliphatic hydroxyl groups is 1. The summed E-state index contributed by atoms with van der Waals surface area (Å²) in [6, 6.07) is 5.19. The van der Waals surface area contributed by atoms with Crippen molar-refractivity contribution >= 4 is 21.4 Å². The maximum Gasteiger partial charge on any atom is 0.238 e. The Labute approximate surface area is 118 Å². The van der Waals surface area contributed by atoms with Crippen molar-refractivity contribution in [3.8, 4) is 0 Å². The van der Waals surface area contributed by atoms with Crippen molar-refractivity contribution in [3.63, 3.8) is 0 Å². The minimum Gasteiger partial charge on any atom is -0.397 e. The third kappa shape index (κ3) is 2.25. The van der Waals surface area contributed by atoms with Crippen LogP contribution >= 0.6 is 0 Å². The number of hydrogen-bond acceptors (Lipinski definition) is 5. The molecule has 2 atom stereocenters. The Kier molecular flexibility index (Phi) is 3.15. The largest absolute Gasteiger partial charge is 0.397 e. The Morgan fingerprint density at radius 2 is 1.80 bits per heavy atom. The van der Waals surface area contributed by atoms with Gasteiger partial charge < -0.3 is 15.7 Å². The molecule has 2 unspecified atom stereocenters. The van der Waals surface area contributed by atoms with Crippen molar-refractivity contribution in [2.75, 3.05) is 10.6 Å². The number of piperidine rings is 1. The lowest BCUT2D eigenvalue weighted by atomic mass is 9.99. The summed E-state index contributed by atoms with van der Waals surface area (Å²) in [4.78, 5) is 2.26. The maximum atomic E-state index is 11.3. The van der Waals surface area contributed by atoms with Gasteiger partial charge in [-0.3, -0.25) is 0 Å². The number of sulfonamides is 1. The Bertz CT molecular complexity index is 618. The first-order chi connectivity index (χ1) is 9.36. The van der Waals surface area contributed by atoms with Crippen LogP contribution in [0.4, 0.5) is 11.4 Å². The highest BCUT2D eigenvalue weighted by atomic mass is 32.2. The van der Waals surface area contributed by atoms with Crippen LogP contribution in [0.2, 0.25) is 0 Å². The number of fused-ring (bicyclic) bond motifs is 2. The number of anilines is 2. The lowest BCUT2D eigenvalue weighted by molar-refractivity contribution is 0.126. The quantitative estimate of drug-likeness (QED) is 0.685. The number of benzene rings is 1. The number of rotatable bonds is 2. The third-order valence-electron chi connectivity index (χ3n) is 4.31. The van der Waals surface area contributed by atoms with Gasteiger partial charge in [-0.15, -0.1) is 0 Å². The lowest BCUT2D eigenvalue weighted by Crippen LogP contribution is -2.45. The van der Waals surface area contributed by atoms with Gasteiger partial charge in [0.2, 0.25) is 10.0 Å². The maximum absolute atomic E-state index is 11.3. The molecule has 5 N–H and O–H groups in total. The molecule has 0 radical (unpaired) electrons. The van der Waals surface area contributed by atoms with Crippen molar-refractivity contribution in [2.24, 2.45) is 5.14 Å². The van der Waals surface area contributed by atoms with E-state index in [1.807, 2.05) is 0 Å². The van der Waals surface area contributed by atoms with E-state index in [-0.39, 0.29) is 23.1 Å². The molecule has 2 heterocycles. The highest BCUT2D eigenvalue weighted by molar-refractivity contribution is 7.89. The van der Waals surface area contributed by atoms with Crippen LogP contribution in [-0.4, -0.2) is 31.7 Å². The SMILES string of the molecule is Nc1cc(S(N)(=O)=O)ccc1N1C2CCC1CC(O)C2. The molecule has 2 saturated heterocycles. The number of aliphatic hydroxyl groups excluding tert-OH is 1.